The van der Waals surface area contributed by atoms with Crippen LogP contribution in [0.25, 0.3) is 11.0 Å². The van der Waals surface area contributed by atoms with Crippen molar-refractivity contribution < 1.29 is 9.41 Å². The molecule has 0 atom stereocenters. The predicted molar refractivity (Wildman–Crippen MR) is 80.6 cm³/mol. The fourth-order valence-corrected chi connectivity index (χ4v) is 2.43. The van der Waals surface area contributed by atoms with Gasteiger partial charge in [-0.15, -0.1) is 0 Å². The van der Waals surface area contributed by atoms with Gasteiger partial charge >= 0.3 is 0 Å². The van der Waals surface area contributed by atoms with Crippen molar-refractivity contribution in [3.05, 3.63) is 70.8 Å². The Morgan fingerprint density at radius 3 is 2.40 bits per heavy atom. The van der Waals surface area contributed by atoms with Crippen molar-refractivity contribution in [3.63, 3.8) is 0 Å². The lowest BCUT2D eigenvalue weighted by atomic mass is 10.1. The Kier molecular flexibility index (Phi) is 3.15. The highest BCUT2D eigenvalue weighted by molar-refractivity contribution is 5.76. The maximum atomic E-state index is 5.55. The highest BCUT2D eigenvalue weighted by Gasteiger charge is 2.06. The first-order valence-corrected chi connectivity index (χ1v) is 6.79. The van der Waals surface area contributed by atoms with Crippen LogP contribution in [-0.2, 0) is 0 Å². The predicted octanol–water partition coefficient (Wildman–Crippen LogP) is 2.67. The molecule has 0 radical (unpaired) electrons. The zero-order valence-electron chi connectivity index (χ0n) is 12.0. The highest BCUT2D eigenvalue weighted by atomic mass is 16.3. The van der Waals surface area contributed by atoms with Crippen molar-refractivity contribution >= 4 is 16.7 Å². The lowest BCUT2D eigenvalue weighted by molar-refractivity contribution is -0.401. The monoisotopic (exact) mass is 264 g/mol. The van der Waals surface area contributed by atoms with E-state index in [1.807, 2.05) is 12.1 Å². The van der Waals surface area contributed by atoms with Gasteiger partial charge in [-0.05, 0) is 39.0 Å². The van der Waals surface area contributed by atoms with Gasteiger partial charge in [0.25, 0.3) is 0 Å². The Morgan fingerprint density at radius 2 is 1.60 bits per heavy atom. The van der Waals surface area contributed by atoms with Crippen LogP contribution in [-0.4, -0.2) is 0 Å². The summed E-state index contributed by atoms with van der Waals surface area (Å²) >= 11 is 0. The molecule has 0 unspecified atom stereocenters. The maximum absolute atomic E-state index is 5.55. The largest absolute Gasteiger partial charge is 0.464 e. The first kappa shape index (κ1) is 12.7. The molecule has 0 spiro atoms. The minimum atomic E-state index is 0.894. The summed E-state index contributed by atoms with van der Waals surface area (Å²) in [6.07, 6.45) is 1.73. The third kappa shape index (κ3) is 2.37. The van der Waals surface area contributed by atoms with E-state index in [-0.39, 0.29) is 0 Å². The van der Waals surface area contributed by atoms with Crippen LogP contribution in [0.2, 0.25) is 0 Å². The fraction of sp³-hybridized carbons (Fsp3) is 0.167. The molecule has 0 saturated heterocycles. The Hall–Kier alpha value is -2.35. The molecule has 1 aromatic heterocycles. The van der Waals surface area contributed by atoms with E-state index >= 15 is 0 Å². The molecule has 0 amide bonds. The second-order valence-corrected chi connectivity index (χ2v) is 5.28. The number of aryl methyl sites for hydroxylation is 3. The standard InChI is InChI=1S/C18H17NO/c1-12-4-6-16(14(3)10-12)19-17-8-9-20-18-7-5-13(2)11-15(17)18/h4-11H,1-3H3/p+1. The van der Waals surface area contributed by atoms with Crippen molar-refractivity contribution in [2.75, 3.05) is 0 Å². The first-order chi connectivity index (χ1) is 9.63. The van der Waals surface area contributed by atoms with Crippen LogP contribution in [0.15, 0.2) is 53.1 Å². The average molecular weight is 264 g/mol. The van der Waals surface area contributed by atoms with Crippen LogP contribution < -0.4 is 10.3 Å². The fourth-order valence-electron chi connectivity index (χ4n) is 2.43. The van der Waals surface area contributed by atoms with Crippen molar-refractivity contribution in [1.29, 1.82) is 0 Å². The SMILES string of the molecule is Cc1ccc([NH+]=c2ccoc3ccc(C)cc23)c(C)c1. The minimum absolute atomic E-state index is 0.894. The lowest BCUT2D eigenvalue weighted by Crippen LogP contribution is -2.70. The third-order valence-corrected chi connectivity index (χ3v) is 3.51. The molecule has 3 aromatic rings. The number of rotatable bonds is 1. The Labute approximate surface area is 118 Å². The smallest absolute Gasteiger partial charge is 0.218 e. The van der Waals surface area contributed by atoms with Crippen molar-refractivity contribution in [1.82, 2.24) is 0 Å². The van der Waals surface area contributed by atoms with Gasteiger partial charge in [0.2, 0.25) is 11.0 Å². The molecule has 2 heteroatoms. The van der Waals surface area contributed by atoms with Crippen LogP contribution in [0, 0.1) is 20.8 Å². The molecule has 0 saturated carbocycles. The number of hydrogen-bond donors (Lipinski definition) is 1. The Balaban J connectivity index is 2.28. The van der Waals surface area contributed by atoms with E-state index in [1.165, 1.54) is 16.7 Å². The number of fused-ring (bicyclic) bond motifs is 1. The summed E-state index contributed by atoms with van der Waals surface area (Å²) < 4.78 is 5.55. The normalized spacial score (nSPS) is 12.1. The van der Waals surface area contributed by atoms with Crippen LogP contribution >= 0.6 is 0 Å². The van der Waals surface area contributed by atoms with Gasteiger partial charge in [-0.2, -0.15) is 0 Å². The molecule has 1 N–H and O–H groups in total. The minimum Gasteiger partial charge on any atom is -0.464 e. The van der Waals surface area contributed by atoms with E-state index in [0.29, 0.717) is 0 Å². The lowest BCUT2D eigenvalue weighted by Gasteiger charge is -1.98. The van der Waals surface area contributed by atoms with Gasteiger partial charge in [0.1, 0.15) is 5.58 Å². The molecule has 2 aromatic carbocycles. The van der Waals surface area contributed by atoms with E-state index in [4.69, 9.17) is 4.42 Å². The summed E-state index contributed by atoms with van der Waals surface area (Å²) in [6, 6.07) is 14.6. The highest BCUT2D eigenvalue weighted by Crippen LogP contribution is 2.12. The molecule has 1 heterocycles. The van der Waals surface area contributed by atoms with Crippen molar-refractivity contribution in [3.8, 4) is 0 Å². The Morgan fingerprint density at radius 1 is 0.850 bits per heavy atom. The van der Waals surface area contributed by atoms with Gasteiger partial charge in [0.05, 0.1) is 11.6 Å². The van der Waals surface area contributed by atoms with Crippen molar-refractivity contribution in [2.45, 2.75) is 20.8 Å². The number of benzene rings is 2. The zero-order chi connectivity index (χ0) is 14.1. The van der Waals surface area contributed by atoms with Gasteiger partial charge in [0, 0.05) is 17.7 Å². The zero-order valence-corrected chi connectivity index (χ0v) is 12.0. The molecule has 0 aliphatic rings. The maximum Gasteiger partial charge on any atom is 0.218 e. The van der Waals surface area contributed by atoms with Gasteiger partial charge < -0.3 is 4.42 Å². The molecule has 20 heavy (non-hydrogen) atoms. The summed E-state index contributed by atoms with van der Waals surface area (Å²) in [7, 11) is 0. The molecular formula is C18H18NO+. The second-order valence-electron chi connectivity index (χ2n) is 5.28. The van der Waals surface area contributed by atoms with Crippen LogP contribution in [0.1, 0.15) is 16.7 Å². The summed E-state index contributed by atoms with van der Waals surface area (Å²) in [4.78, 5) is 3.51. The molecule has 0 aliphatic heterocycles. The van der Waals surface area contributed by atoms with Gasteiger partial charge in [-0.1, -0.05) is 23.3 Å². The van der Waals surface area contributed by atoms with Gasteiger partial charge in [0.15, 0.2) is 0 Å². The van der Waals surface area contributed by atoms with E-state index in [0.717, 1.165) is 22.0 Å². The Bertz CT molecular complexity index is 843. The summed E-state index contributed by atoms with van der Waals surface area (Å²) in [5.41, 5.74) is 5.76. The van der Waals surface area contributed by atoms with Crippen molar-refractivity contribution in [2.24, 2.45) is 0 Å². The average Bonchev–Trinajstić information content (AvgIpc) is 2.42. The van der Waals surface area contributed by atoms with Crippen LogP contribution in [0.3, 0.4) is 0 Å². The van der Waals surface area contributed by atoms with Gasteiger partial charge in [-0.25, -0.2) is 4.99 Å². The molecular weight excluding hydrogens is 246 g/mol. The van der Waals surface area contributed by atoms with E-state index < -0.39 is 0 Å². The molecule has 0 aliphatic carbocycles. The number of nitrogens with one attached hydrogen (secondary N) is 1. The third-order valence-electron chi connectivity index (χ3n) is 3.51. The summed E-state index contributed by atoms with van der Waals surface area (Å²) in [5, 5.41) is 2.18. The molecule has 3 rings (SSSR count). The molecule has 0 fully saturated rings. The number of hydrogen-bond acceptors (Lipinski definition) is 1. The summed E-state index contributed by atoms with van der Waals surface area (Å²) in [6.45, 7) is 6.32. The summed E-state index contributed by atoms with van der Waals surface area (Å²) in [5.74, 6) is 0. The van der Waals surface area contributed by atoms with Crippen LogP contribution in [0.4, 0.5) is 5.69 Å². The van der Waals surface area contributed by atoms with E-state index in [2.05, 4.69) is 56.1 Å². The van der Waals surface area contributed by atoms with E-state index in [9.17, 15) is 0 Å². The quantitative estimate of drug-likeness (QED) is 0.719. The molecule has 100 valence electrons. The first-order valence-electron chi connectivity index (χ1n) is 6.79. The second kappa shape index (κ2) is 4.97. The molecule has 0 bridgehead atoms. The topological polar surface area (TPSA) is 27.1 Å². The van der Waals surface area contributed by atoms with Crippen LogP contribution in [0.5, 0.6) is 0 Å². The van der Waals surface area contributed by atoms with E-state index in [1.54, 1.807) is 6.26 Å². The van der Waals surface area contributed by atoms with Gasteiger partial charge in [-0.3, -0.25) is 0 Å². The molecule has 2 nitrogen and oxygen atoms in total.